The number of piperidine rings is 1. The minimum absolute atomic E-state index is 0.0806. The van der Waals surface area contributed by atoms with E-state index in [1.807, 2.05) is 28.6 Å². The summed E-state index contributed by atoms with van der Waals surface area (Å²) in [7, 11) is 0. The standard InChI is InChI=1S/C25H34N6O3/c1-15-23-20(13-25(2,3)14-21(23)32)31(29-15)17-4-5-18(24(27)34)19(12-17)28-16-7-10-30(11-8-16)22(33)6-9-26/h4-5,12,16,28H,6-11,13-14,26H2,1-3H3,(H2,27,34). The molecule has 1 aromatic heterocycles. The molecule has 34 heavy (non-hydrogen) atoms. The molecule has 0 atom stereocenters. The Hall–Kier alpha value is -3.20. The van der Waals surface area contributed by atoms with Crippen molar-refractivity contribution in [2.75, 3.05) is 25.0 Å². The van der Waals surface area contributed by atoms with Crippen LogP contribution in [0.1, 0.15) is 71.6 Å². The summed E-state index contributed by atoms with van der Waals surface area (Å²) in [5, 5.41) is 8.16. The number of primary amides is 1. The van der Waals surface area contributed by atoms with Crippen LogP contribution in [0.3, 0.4) is 0 Å². The molecule has 9 heteroatoms. The Morgan fingerprint density at radius 1 is 1.21 bits per heavy atom. The number of aryl methyl sites for hydroxylation is 1. The van der Waals surface area contributed by atoms with Gasteiger partial charge in [-0.1, -0.05) is 13.8 Å². The normalized spacial score (nSPS) is 18.0. The number of ketones is 1. The molecule has 0 bridgehead atoms. The number of Topliss-reactive ketones (excluding diaryl/α,β-unsaturated/α-hetero) is 1. The highest BCUT2D eigenvalue weighted by atomic mass is 16.2. The first-order valence-corrected chi connectivity index (χ1v) is 11.9. The number of nitrogens with one attached hydrogen (secondary N) is 1. The van der Waals surface area contributed by atoms with E-state index in [1.165, 1.54) is 0 Å². The smallest absolute Gasteiger partial charge is 0.250 e. The number of rotatable bonds is 6. The molecule has 1 fully saturated rings. The average Bonchev–Trinajstić information content (AvgIpc) is 3.09. The number of anilines is 1. The van der Waals surface area contributed by atoms with Crippen LogP contribution in [-0.4, -0.2) is 58.0 Å². The van der Waals surface area contributed by atoms with Crippen molar-refractivity contribution in [3.05, 3.63) is 40.7 Å². The van der Waals surface area contributed by atoms with E-state index in [0.29, 0.717) is 49.3 Å². The Balaban J connectivity index is 1.61. The summed E-state index contributed by atoms with van der Waals surface area (Å²) < 4.78 is 1.83. The van der Waals surface area contributed by atoms with E-state index in [1.54, 1.807) is 6.07 Å². The summed E-state index contributed by atoms with van der Waals surface area (Å²) >= 11 is 0. The summed E-state index contributed by atoms with van der Waals surface area (Å²) in [6.07, 6.45) is 3.13. The maximum atomic E-state index is 12.8. The number of likely N-dealkylation sites (tertiary alicyclic amines) is 1. The van der Waals surface area contributed by atoms with Crippen LogP contribution < -0.4 is 16.8 Å². The maximum Gasteiger partial charge on any atom is 0.250 e. The van der Waals surface area contributed by atoms with Crippen molar-refractivity contribution in [1.82, 2.24) is 14.7 Å². The minimum Gasteiger partial charge on any atom is -0.381 e. The van der Waals surface area contributed by atoms with Gasteiger partial charge in [0.25, 0.3) is 5.91 Å². The zero-order valence-electron chi connectivity index (χ0n) is 20.2. The lowest BCUT2D eigenvalue weighted by molar-refractivity contribution is -0.131. The fourth-order valence-electron chi connectivity index (χ4n) is 5.13. The Bertz CT molecular complexity index is 1130. The first kappa shape index (κ1) is 23.9. The van der Waals surface area contributed by atoms with Gasteiger partial charge in [-0.3, -0.25) is 14.4 Å². The second kappa shape index (κ2) is 9.21. The van der Waals surface area contributed by atoms with E-state index >= 15 is 0 Å². The van der Waals surface area contributed by atoms with Crippen molar-refractivity contribution >= 4 is 23.3 Å². The summed E-state index contributed by atoms with van der Waals surface area (Å²) in [6.45, 7) is 7.69. The van der Waals surface area contributed by atoms with Gasteiger partial charge in [-0.05, 0) is 49.8 Å². The molecule has 1 aliphatic heterocycles. The predicted octanol–water partition coefficient (Wildman–Crippen LogP) is 2.19. The van der Waals surface area contributed by atoms with Crippen molar-refractivity contribution in [2.45, 2.75) is 58.9 Å². The van der Waals surface area contributed by atoms with Crippen LogP contribution in [0.5, 0.6) is 0 Å². The van der Waals surface area contributed by atoms with Gasteiger partial charge in [0.15, 0.2) is 5.78 Å². The molecule has 2 amide bonds. The lowest BCUT2D eigenvalue weighted by Crippen LogP contribution is -2.43. The molecule has 5 N–H and O–H groups in total. The number of nitrogens with two attached hydrogens (primary N) is 2. The second-order valence-electron chi connectivity index (χ2n) is 10.2. The van der Waals surface area contributed by atoms with Crippen LogP contribution in [0.2, 0.25) is 0 Å². The van der Waals surface area contributed by atoms with Crippen LogP contribution in [-0.2, 0) is 11.2 Å². The van der Waals surface area contributed by atoms with Crippen molar-refractivity contribution in [3.8, 4) is 5.69 Å². The third-order valence-electron chi connectivity index (χ3n) is 6.80. The molecule has 0 radical (unpaired) electrons. The van der Waals surface area contributed by atoms with Crippen LogP contribution >= 0.6 is 0 Å². The third-order valence-corrected chi connectivity index (χ3v) is 6.80. The van der Waals surface area contributed by atoms with Crippen molar-refractivity contribution in [3.63, 3.8) is 0 Å². The predicted molar refractivity (Wildman–Crippen MR) is 130 cm³/mol. The SMILES string of the molecule is Cc1nn(-c2ccc(C(N)=O)c(NC3CCN(C(=O)CCN)CC3)c2)c2c1C(=O)CC(C)(C)C2. The maximum absolute atomic E-state index is 12.8. The van der Waals surface area contributed by atoms with Gasteiger partial charge in [0, 0.05) is 44.2 Å². The number of hydrogen-bond acceptors (Lipinski definition) is 6. The topological polar surface area (TPSA) is 136 Å². The number of carbonyl (C=O) groups is 3. The van der Waals surface area contributed by atoms with Gasteiger partial charge in [0.1, 0.15) is 0 Å². The molecule has 2 heterocycles. The zero-order chi connectivity index (χ0) is 24.6. The highest BCUT2D eigenvalue weighted by molar-refractivity contribution is 6.00. The summed E-state index contributed by atoms with van der Waals surface area (Å²) in [6, 6.07) is 5.51. The van der Waals surface area contributed by atoms with Gasteiger partial charge in [-0.2, -0.15) is 5.10 Å². The van der Waals surface area contributed by atoms with Crippen molar-refractivity contribution < 1.29 is 14.4 Å². The fraction of sp³-hybridized carbons (Fsp3) is 0.520. The van der Waals surface area contributed by atoms with Gasteiger partial charge in [0.2, 0.25) is 5.91 Å². The molecule has 0 spiro atoms. The number of amides is 2. The highest BCUT2D eigenvalue weighted by Gasteiger charge is 2.36. The third kappa shape index (κ3) is 4.70. The molecule has 182 valence electrons. The number of benzene rings is 1. The molecule has 9 nitrogen and oxygen atoms in total. The van der Waals surface area contributed by atoms with Gasteiger partial charge < -0.3 is 21.7 Å². The molecule has 2 aliphatic rings. The van der Waals surface area contributed by atoms with Crippen LogP contribution in [0.15, 0.2) is 18.2 Å². The summed E-state index contributed by atoms with van der Waals surface area (Å²) in [4.78, 5) is 38.9. The van der Waals surface area contributed by atoms with E-state index in [9.17, 15) is 14.4 Å². The summed E-state index contributed by atoms with van der Waals surface area (Å²) in [5.74, 6) is -0.310. The Kier molecular flexibility index (Phi) is 6.49. The number of nitrogens with zero attached hydrogens (tertiary/aromatic N) is 3. The molecular weight excluding hydrogens is 432 g/mol. The number of hydrogen-bond donors (Lipinski definition) is 3. The van der Waals surface area contributed by atoms with Crippen LogP contribution in [0, 0.1) is 12.3 Å². The van der Waals surface area contributed by atoms with Gasteiger partial charge in [-0.25, -0.2) is 4.68 Å². The Morgan fingerprint density at radius 2 is 1.91 bits per heavy atom. The molecule has 0 unspecified atom stereocenters. The van der Waals surface area contributed by atoms with E-state index in [4.69, 9.17) is 11.5 Å². The van der Waals surface area contributed by atoms with E-state index in [-0.39, 0.29) is 23.1 Å². The van der Waals surface area contributed by atoms with Gasteiger partial charge in [0.05, 0.1) is 28.2 Å². The number of aromatic nitrogens is 2. The zero-order valence-corrected chi connectivity index (χ0v) is 20.2. The molecule has 4 rings (SSSR count). The monoisotopic (exact) mass is 466 g/mol. The largest absolute Gasteiger partial charge is 0.381 e. The molecule has 1 aromatic carbocycles. The highest BCUT2D eigenvalue weighted by Crippen LogP contribution is 2.37. The Labute approximate surface area is 199 Å². The van der Waals surface area contributed by atoms with Gasteiger partial charge in [-0.15, -0.1) is 0 Å². The summed E-state index contributed by atoms with van der Waals surface area (Å²) in [5.41, 5.74) is 15.2. The molecule has 1 aliphatic carbocycles. The first-order chi connectivity index (χ1) is 16.1. The minimum atomic E-state index is -0.514. The number of carbonyl (C=O) groups excluding carboxylic acids is 3. The molecule has 0 saturated carbocycles. The Morgan fingerprint density at radius 3 is 2.56 bits per heavy atom. The molecular formula is C25H34N6O3. The van der Waals surface area contributed by atoms with Crippen LogP contribution in [0.4, 0.5) is 5.69 Å². The van der Waals surface area contributed by atoms with Crippen molar-refractivity contribution in [1.29, 1.82) is 0 Å². The van der Waals surface area contributed by atoms with Crippen molar-refractivity contribution in [2.24, 2.45) is 16.9 Å². The number of fused-ring (bicyclic) bond motifs is 1. The lowest BCUT2D eigenvalue weighted by atomic mass is 9.75. The quantitative estimate of drug-likeness (QED) is 0.597. The van der Waals surface area contributed by atoms with Gasteiger partial charge >= 0.3 is 0 Å². The second-order valence-corrected chi connectivity index (χ2v) is 10.2. The first-order valence-electron chi connectivity index (χ1n) is 11.9. The van der Waals surface area contributed by atoms with Crippen LogP contribution in [0.25, 0.3) is 5.69 Å². The lowest BCUT2D eigenvalue weighted by Gasteiger charge is -2.33. The molecule has 2 aromatic rings. The van der Waals surface area contributed by atoms with E-state index in [2.05, 4.69) is 24.3 Å². The average molecular weight is 467 g/mol. The van der Waals surface area contributed by atoms with E-state index in [0.717, 1.165) is 36.3 Å². The van der Waals surface area contributed by atoms with E-state index < -0.39 is 5.91 Å². The molecule has 1 saturated heterocycles. The fourth-order valence-corrected chi connectivity index (χ4v) is 5.13.